The predicted octanol–water partition coefficient (Wildman–Crippen LogP) is 4.18. The zero-order valence-corrected chi connectivity index (χ0v) is 21.2. The third-order valence-electron chi connectivity index (χ3n) is 5.92. The van der Waals surface area contributed by atoms with Crippen LogP contribution in [0.3, 0.4) is 0 Å². The Morgan fingerprint density at radius 1 is 1.21 bits per heavy atom. The number of allylic oxidation sites excluding steroid dienone is 2. The second-order valence-corrected chi connectivity index (χ2v) is 9.23. The first-order chi connectivity index (χ1) is 16.3. The largest absolute Gasteiger partial charge is 0.462 e. The molecule has 0 spiro atoms. The number of dihydropyridines is 1. The second-order valence-electron chi connectivity index (χ2n) is 8.80. The number of hydrogen-bond acceptors (Lipinski definition) is 7. The van der Waals surface area contributed by atoms with Gasteiger partial charge in [0.05, 0.1) is 43.0 Å². The van der Waals surface area contributed by atoms with Crippen LogP contribution < -0.4 is 5.32 Å². The lowest BCUT2D eigenvalue weighted by Crippen LogP contribution is -2.37. The molecule has 1 atom stereocenters. The van der Waals surface area contributed by atoms with Crippen LogP contribution in [0, 0.1) is 0 Å². The molecule has 8 heteroatoms. The van der Waals surface area contributed by atoms with E-state index in [0.29, 0.717) is 34.9 Å². The number of hydrogen-bond donors (Lipinski definition) is 1. The predicted molar refractivity (Wildman–Crippen MR) is 131 cm³/mol. The van der Waals surface area contributed by atoms with Gasteiger partial charge in [-0.25, -0.2) is 9.59 Å². The number of nitrogens with zero attached hydrogens (tertiary/aromatic N) is 1. The van der Waals surface area contributed by atoms with E-state index in [2.05, 4.69) is 10.2 Å². The lowest BCUT2D eigenvalue weighted by molar-refractivity contribution is -0.143. The lowest BCUT2D eigenvalue weighted by Gasteiger charge is -2.32. The van der Waals surface area contributed by atoms with Gasteiger partial charge in [0.1, 0.15) is 0 Å². The maximum Gasteiger partial charge on any atom is 0.337 e. The lowest BCUT2D eigenvalue weighted by atomic mass is 9.80. The number of esters is 2. The highest BCUT2D eigenvalue weighted by molar-refractivity contribution is 6.30. The van der Waals surface area contributed by atoms with E-state index in [1.807, 2.05) is 26.0 Å². The van der Waals surface area contributed by atoms with Gasteiger partial charge in [-0.15, -0.1) is 0 Å². The van der Waals surface area contributed by atoms with Crippen LogP contribution >= 0.6 is 11.6 Å². The molecule has 0 aromatic heterocycles. The molecule has 7 nitrogen and oxygen atoms in total. The Morgan fingerprint density at radius 3 is 2.59 bits per heavy atom. The van der Waals surface area contributed by atoms with E-state index < -0.39 is 17.9 Å². The minimum absolute atomic E-state index is 0.291. The molecule has 0 saturated carbocycles. The summed E-state index contributed by atoms with van der Waals surface area (Å²) >= 11 is 6.29. The van der Waals surface area contributed by atoms with Crippen LogP contribution in [0.5, 0.6) is 0 Å². The highest BCUT2D eigenvalue weighted by Gasteiger charge is 2.38. The molecule has 34 heavy (non-hydrogen) atoms. The molecule has 2 aliphatic heterocycles. The van der Waals surface area contributed by atoms with Crippen molar-refractivity contribution in [3.8, 4) is 0 Å². The van der Waals surface area contributed by atoms with Crippen LogP contribution in [-0.2, 0) is 23.8 Å². The van der Waals surface area contributed by atoms with E-state index in [-0.39, 0.29) is 6.10 Å². The summed E-state index contributed by atoms with van der Waals surface area (Å²) in [5.74, 6) is -1.52. The van der Waals surface area contributed by atoms with E-state index in [0.717, 1.165) is 50.5 Å². The Bertz CT molecular complexity index is 950. The number of nitrogens with one attached hydrogen (secondary N) is 1. The van der Waals surface area contributed by atoms with Crippen molar-refractivity contribution in [2.75, 3.05) is 39.5 Å². The minimum Gasteiger partial charge on any atom is -0.462 e. The maximum absolute atomic E-state index is 13.4. The van der Waals surface area contributed by atoms with Crippen molar-refractivity contribution >= 4 is 23.5 Å². The van der Waals surface area contributed by atoms with Gasteiger partial charge in [-0.05, 0) is 51.3 Å². The summed E-state index contributed by atoms with van der Waals surface area (Å²) in [4.78, 5) is 28.9. The maximum atomic E-state index is 13.4. The Morgan fingerprint density at radius 2 is 1.94 bits per heavy atom. The number of rotatable bonds is 9. The highest BCUT2D eigenvalue weighted by atomic mass is 35.5. The quantitative estimate of drug-likeness (QED) is 0.411. The zero-order valence-electron chi connectivity index (χ0n) is 20.5. The van der Waals surface area contributed by atoms with Crippen LogP contribution in [0.15, 0.2) is 46.8 Å². The van der Waals surface area contributed by atoms with Gasteiger partial charge < -0.3 is 19.5 Å². The summed E-state index contributed by atoms with van der Waals surface area (Å²) in [5, 5.41) is 3.79. The van der Waals surface area contributed by atoms with Crippen molar-refractivity contribution in [1.29, 1.82) is 0 Å². The SMILES string of the molecule is CCC1=C(C(=O)OC(C)C)C(c2cccc(Cl)c2)C(C(=O)OCCCN2CCOCC2)=C(C)N1. The number of carbonyl (C=O) groups is 2. The zero-order chi connectivity index (χ0) is 24.7. The average molecular weight is 491 g/mol. The summed E-state index contributed by atoms with van der Waals surface area (Å²) in [6.45, 7) is 11.8. The van der Waals surface area contributed by atoms with E-state index in [1.165, 1.54) is 0 Å². The standard InChI is InChI=1S/C26H35ClN2O5/c1-5-21-24(26(31)34-17(2)3)23(19-8-6-9-20(27)16-19)22(18(4)28-21)25(30)33-13-7-10-29-11-14-32-15-12-29/h6,8-9,16-17,23,28H,5,7,10-15H2,1-4H3. The molecule has 0 aliphatic carbocycles. The summed E-state index contributed by atoms with van der Waals surface area (Å²) in [7, 11) is 0. The van der Waals surface area contributed by atoms with Gasteiger partial charge in [0.25, 0.3) is 0 Å². The van der Waals surface area contributed by atoms with Crippen LogP contribution in [0.1, 0.15) is 52.0 Å². The Kier molecular flexibility index (Phi) is 9.56. The van der Waals surface area contributed by atoms with Crippen molar-refractivity contribution in [2.24, 2.45) is 0 Å². The summed E-state index contributed by atoms with van der Waals surface area (Å²) in [5.41, 5.74) is 2.97. The number of halogens is 1. The van der Waals surface area contributed by atoms with Gasteiger partial charge in [0, 0.05) is 36.1 Å². The van der Waals surface area contributed by atoms with Gasteiger partial charge in [-0.1, -0.05) is 30.7 Å². The summed E-state index contributed by atoms with van der Waals surface area (Å²) < 4.78 is 16.7. The van der Waals surface area contributed by atoms with Gasteiger partial charge in [-0.2, -0.15) is 0 Å². The fraction of sp³-hybridized carbons (Fsp3) is 0.538. The Balaban J connectivity index is 1.85. The van der Waals surface area contributed by atoms with Crippen LogP contribution in [0.4, 0.5) is 0 Å². The molecule has 1 aromatic rings. The third-order valence-corrected chi connectivity index (χ3v) is 6.15. The number of morpholine rings is 1. The molecule has 0 amide bonds. The van der Waals surface area contributed by atoms with Gasteiger partial charge in [0.15, 0.2) is 0 Å². The fourth-order valence-electron chi connectivity index (χ4n) is 4.34. The second kappa shape index (κ2) is 12.4. The molecule has 0 radical (unpaired) electrons. The topological polar surface area (TPSA) is 77.1 Å². The molecule has 186 valence electrons. The molecule has 1 saturated heterocycles. The van der Waals surface area contributed by atoms with E-state index in [1.54, 1.807) is 26.0 Å². The van der Waals surface area contributed by atoms with Crippen molar-refractivity contribution in [1.82, 2.24) is 10.2 Å². The average Bonchev–Trinajstić information content (AvgIpc) is 2.81. The molecule has 3 rings (SSSR count). The summed E-state index contributed by atoms with van der Waals surface area (Å²) in [6, 6.07) is 7.24. The van der Waals surface area contributed by atoms with Crippen LogP contribution in [0.2, 0.25) is 5.02 Å². The summed E-state index contributed by atoms with van der Waals surface area (Å²) in [6.07, 6.45) is 1.02. The minimum atomic E-state index is -0.632. The van der Waals surface area contributed by atoms with Gasteiger partial charge in [0.2, 0.25) is 0 Å². The van der Waals surface area contributed by atoms with E-state index in [4.69, 9.17) is 25.8 Å². The molecule has 1 unspecified atom stereocenters. The molecule has 0 bridgehead atoms. The number of benzene rings is 1. The van der Waals surface area contributed by atoms with Gasteiger partial charge in [-0.3, -0.25) is 4.90 Å². The molecule has 2 heterocycles. The first-order valence-corrected chi connectivity index (χ1v) is 12.3. The Hall–Kier alpha value is -2.35. The van der Waals surface area contributed by atoms with Crippen molar-refractivity contribution in [3.05, 3.63) is 57.4 Å². The van der Waals surface area contributed by atoms with E-state index >= 15 is 0 Å². The smallest absolute Gasteiger partial charge is 0.337 e. The van der Waals surface area contributed by atoms with Crippen molar-refractivity contribution in [2.45, 2.75) is 52.6 Å². The molecular weight excluding hydrogens is 456 g/mol. The molecular formula is C26H35ClN2O5. The number of ether oxygens (including phenoxy) is 3. The highest BCUT2D eigenvalue weighted by Crippen LogP contribution is 2.40. The third kappa shape index (κ3) is 6.62. The Labute approximate surface area is 207 Å². The molecule has 2 aliphatic rings. The first-order valence-electron chi connectivity index (χ1n) is 12.0. The van der Waals surface area contributed by atoms with Gasteiger partial charge >= 0.3 is 11.9 Å². The first kappa shape index (κ1) is 26.3. The van der Waals surface area contributed by atoms with Crippen LogP contribution in [-0.4, -0.2) is 62.4 Å². The number of carbonyl (C=O) groups excluding carboxylic acids is 2. The normalized spacial score (nSPS) is 19.3. The van der Waals surface area contributed by atoms with Crippen molar-refractivity contribution in [3.63, 3.8) is 0 Å². The van der Waals surface area contributed by atoms with E-state index in [9.17, 15) is 9.59 Å². The molecule has 1 aromatic carbocycles. The molecule has 1 N–H and O–H groups in total. The van der Waals surface area contributed by atoms with Crippen LogP contribution in [0.25, 0.3) is 0 Å². The fourth-order valence-corrected chi connectivity index (χ4v) is 4.54. The molecule has 1 fully saturated rings. The monoisotopic (exact) mass is 490 g/mol. The van der Waals surface area contributed by atoms with Crippen molar-refractivity contribution < 1.29 is 23.8 Å².